The van der Waals surface area contributed by atoms with Crippen molar-refractivity contribution < 1.29 is 0 Å². The molecule has 2 aromatic rings. The third-order valence-electron chi connectivity index (χ3n) is 1.70. The van der Waals surface area contributed by atoms with Crippen molar-refractivity contribution in [3.05, 3.63) is 39.5 Å². The molecule has 0 aliphatic carbocycles. The molecule has 2 aromatic heterocycles. The van der Waals surface area contributed by atoms with E-state index in [1.807, 2.05) is 6.07 Å². The second-order valence-corrected chi connectivity index (χ2v) is 4.53. The third kappa shape index (κ3) is 2.30. The van der Waals surface area contributed by atoms with E-state index in [9.17, 15) is 0 Å². The second-order valence-electron chi connectivity index (χ2n) is 2.67. The van der Waals surface area contributed by atoms with Crippen LogP contribution >= 0.6 is 27.3 Å². The maximum Gasteiger partial charge on any atom is 0.115 e. The first-order valence-corrected chi connectivity index (χ1v) is 5.74. The number of hydrogen-bond acceptors (Lipinski definition) is 4. The van der Waals surface area contributed by atoms with Gasteiger partial charge in [-0.25, -0.2) is 9.97 Å². The number of thiophene rings is 1. The van der Waals surface area contributed by atoms with Crippen LogP contribution < -0.4 is 5.32 Å². The highest BCUT2D eigenvalue weighted by Gasteiger charge is 2.00. The van der Waals surface area contributed by atoms with Gasteiger partial charge in [-0.05, 0) is 27.4 Å². The van der Waals surface area contributed by atoms with Crippen molar-refractivity contribution in [2.24, 2.45) is 0 Å². The number of rotatable bonds is 3. The van der Waals surface area contributed by atoms with Crippen LogP contribution in [0.4, 0.5) is 5.69 Å². The summed E-state index contributed by atoms with van der Waals surface area (Å²) in [5, 5.41) is 5.30. The Morgan fingerprint density at radius 3 is 2.79 bits per heavy atom. The Hall–Kier alpha value is -0.940. The number of hydrogen-bond donors (Lipinski definition) is 1. The zero-order valence-corrected chi connectivity index (χ0v) is 9.68. The van der Waals surface area contributed by atoms with Gasteiger partial charge in [0, 0.05) is 9.35 Å². The van der Waals surface area contributed by atoms with E-state index in [-0.39, 0.29) is 0 Å². The van der Waals surface area contributed by atoms with Crippen LogP contribution in [0.25, 0.3) is 0 Å². The van der Waals surface area contributed by atoms with E-state index in [4.69, 9.17) is 0 Å². The molecule has 0 spiro atoms. The first-order valence-electron chi connectivity index (χ1n) is 4.07. The van der Waals surface area contributed by atoms with Gasteiger partial charge in [0.25, 0.3) is 0 Å². The summed E-state index contributed by atoms with van der Waals surface area (Å²) in [4.78, 5) is 9.12. The molecule has 72 valence electrons. The molecule has 0 fully saturated rings. The van der Waals surface area contributed by atoms with Crippen molar-refractivity contribution in [1.82, 2.24) is 9.97 Å². The topological polar surface area (TPSA) is 37.8 Å². The molecule has 0 aliphatic rings. The van der Waals surface area contributed by atoms with Crippen LogP contribution in [0.5, 0.6) is 0 Å². The highest BCUT2D eigenvalue weighted by atomic mass is 79.9. The monoisotopic (exact) mass is 269 g/mol. The van der Waals surface area contributed by atoms with Crippen LogP contribution in [0.15, 0.2) is 34.6 Å². The molecule has 2 heterocycles. The molecule has 0 unspecified atom stereocenters. The van der Waals surface area contributed by atoms with E-state index >= 15 is 0 Å². The summed E-state index contributed by atoms with van der Waals surface area (Å²) in [6.45, 7) is 0.797. The molecule has 2 rings (SSSR count). The minimum Gasteiger partial charge on any atom is -0.378 e. The van der Waals surface area contributed by atoms with Gasteiger partial charge in [0.05, 0.1) is 24.6 Å². The summed E-state index contributed by atoms with van der Waals surface area (Å²) in [5.74, 6) is 0. The molecule has 0 atom stereocenters. The van der Waals surface area contributed by atoms with Gasteiger partial charge in [0.15, 0.2) is 0 Å². The van der Waals surface area contributed by atoms with Crippen molar-refractivity contribution in [1.29, 1.82) is 0 Å². The molecular formula is C9H8BrN3S. The predicted octanol–water partition coefficient (Wildman–Crippen LogP) is 2.91. The maximum atomic E-state index is 3.93. The lowest BCUT2D eigenvalue weighted by atomic mass is 10.4. The van der Waals surface area contributed by atoms with Crippen molar-refractivity contribution in [3.63, 3.8) is 0 Å². The minimum absolute atomic E-state index is 0.797. The average molecular weight is 270 g/mol. The lowest BCUT2D eigenvalue weighted by Crippen LogP contribution is -1.98. The Morgan fingerprint density at radius 2 is 2.14 bits per heavy atom. The molecule has 14 heavy (non-hydrogen) atoms. The summed E-state index contributed by atoms with van der Waals surface area (Å²) in [6, 6.07) is 2.04. The first kappa shape index (κ1) is 9.61. The SMILES string of the molecule is Brc1ccsc1CNc1cncnc1. The molecule has 0 aliphatic heterocycles. The molecule has 0 amide bonds. The van der Waals surface area contributed by atoms with Gasteiger partial charge in [-0.1, -0.05) is 0 Å². The Bertz CT molecular complexity index is 401. The fourth-order valence-corrected chi connectivity index (χ4v) is 2.46. The van der Waals surface area contributed by atoms with Crippen molar-refractivity contribution in [2.45, 2.75) is 6.54 Å². The molecule has 1 N–H and O–H groups in total. The molecule has 3 nitrogen and oxygen atoms in total. The fraction of sp³-hybridized carbons (Fsp3) is 0.111. The average Bonchev–Trinajstić information content (AvgIpc) is 2.63. The van der Waals surface area contributed by atoms with Crippen LogP contribution in [0.3, 0.4) is 0 Å². The van der Waals surface area contributed by atoms with E-state index in [1.165, 1.54) is 11.2 Å². The van der Waals surface area contributed by atoms with Crippen LogP contribution in [-0.2, 0) is 6.54 Å². The Labute approximate surface area is 94.4 Å². The van der Waals surface area contributed by atoms with Crippen LogP contribution in [0.1, 0.15) is 4.88 Å². The Balaban J connectivity index is 1.99. The zero-order chi connectivity index (χ0) is 9.80. The van der Waals surface area contributed by atoms with E-state index in [2.05, 4.69) is 36.6 Å². The third-order valence-corrected chi connectivity index (χ3v) is 3.63. The van der Waals surface area contributed by atoms with Gasteiger partial charge >= 0.3 is 0 Å². The van der Waals surface area contributed by atoms with Crippen molar-refractivity contribution in [3.8, 4) is 0 Å². The zero-order valence-electron chi connectivity index (χ0n) is 7.27. The van der Waals surface area contributed by atoms with Gasteiger partial charge in [-0.15, -0.1) is 11.3 Å². The standard InChI is InChI=1S/C9H8BrN3S/c10-8-1-2-14-9(8)5-13-7-3-11-6-12-4-7/h1-4,6,13H,5H2. The van der Waals surface area contributed by atoms with Gasteiger partial charge < -0.3 is 5.32 Å². The first-order chi connectivity index (χ1) is 6.86. The second kappa shape index (κ2) is 4.52. The smallest absolute Gasteiger partial charge is 0.115 e. The number of nitrogens with zero attached hydrogens (tertiary/aromatic N) is 2. The summed E-state index contributed by atoms with van der Waals surface area (Å²) in [5.41, 5.74) is 0.938. The number of aromatic nitrogens is 2. The quantitative estimate of drug-likeness (QED) is 0.931. The highest BCUT2D eigenvalue weighted by molar-refractivity contribution is 9.10. The Morgan fingerprint density at radius 1 is 1.36 bits per heavy atom. The normalized spacial score (nSPS) is 10.1. The maximum absolute atomic E-state index is 3.93. The number of nitrogens with one attached hydrogen (secondary N) is 1. The molecule has 0 bridgehead atoms. The number of anilines is 1. The summed E-state index contributed by atoms with van der Waals surface area (Å²) in [6.07, 6.45) is 5.04. The predicted molar refractivity (Wildman–Crippen MR) is 61.4 cm³/mol. The van der Waals surface area contributed by atoms with Gasteiger partial charge in [0.1, 0.15) is 6.33 Å². The fourth-order valence-electron chi connectivity index (χ4n) is 1.02. The van der Waals surface area contributed by atoms with E-state index in [0.29, 0.717) is 0 Å². The molecule has 0 radical (unpaired) electrons. The van der Waals surface area contributed by atoms with Gasteiger partial charge in [-0.3, -0.25) is 0 Å². The van der Waals surface area contributed by atoms with Crippen molar-refractivity contribution >= 4 is 33.0 Å². The van der Waals surface area contributed by atoms with Crippen LogP contribution in [0, 0.1) is 0 Å². The molecule has 5 heteroatoms. The van der Waals surface area contributed by atoms with Crippen molar-refractivity contribution in [2.75, 3.05) is 5.32 Å². The van der Waals surface area contributed by atoms with Gasteiger partial charge in [0.2, 0.25) is 0 Å². The highest BCUT2D eigenvalue weighted by Crippen LogP contribution is 2.23. The number of halogens is 1. The van der Waals surface area contributed by atoms with E-state index < -0.39 is 0 Å². The minimum atomic E-state index is 0.797. The molecule has 0 saturated carbocycles. The largest absolute Gasteiger partial charge is 0.378 e. The van der Waals surface area contributed by atoms with Crippen LogP contribution in [-0.4, -0.2) is 9.97 Å². The van der Waals surface area contributed by atoms with Gasteiger partial charge in [-0.2, -0.15) is 0 Å². The summed E-state index contributed by atoms with van der Waals surface area (Å²) >= 11 is 5.20. The summed E-state index contributed by atoms with van der Waals surface area (Å²) < 4.78 is 1.15. The molecular weight excluding hydrogens is 262 g/mol. The van der Waals surface area contributed by atoms with Crippen LogP contribution in [0.2, 0.25) is 0 Å². The lowest BCUT2D eigenvalue weighted by molar-refractivity contribution is 1.11. The van der Waals surface area contributed by atoms with E-state index in [1.54, 1.807) is 23.7 Å². The van der Waals surface area contributed by atoms with E-state index in [0.717, 1.165) is 16.7 Å². The molecule has 0 aromatic carbocycles. The summed E-state index contributed by atoms with van der Waals surface area (Å²) in [7, 11) is 0. The lowest BCUT2D eigenvalue weighted by Gasteiger charge is -2.03. The Kier molecular flexibility index (Phi) is 3.10. The molecule has 0 saturated heterocycles.